The van der Waals surface area contributed by atoms with Gasteiger partial charge in [-0.05, 0) is 57.1 Å². The number of piperidine rings is 1. The minimum atomic E-state index is 0.0349. The van der Waals surface area contributed by atoms with E-state index >= 15 is 0 Å². The highest BCUT2D eigenvalue weighted by Crippen LogP contribution is 2.23. The summed E-state index contributed by atoms with van der Waals surface area (Å²) in [5, 5.41) is 3.03. The van der Waals surface area contributed by atoms with E-state index in [1.165, 1.54) is 5.56 Å². The summed E-state index contributed by atoms with van der Waals surface area (Å²) in [6, 6.07) is 8.16. The third kappa shape index (κ3) is 5.76. The van der Waals surface area contributed by atoms with Crippen molar-refractivity contribution in [1.29, 1.82) is 0 Å². The Morgan fingerprint density at radius 2 is 1.96 bits per heavy atom. The topological polar surface area (TPSA) is 58.6 Å². The van der Waals surface area contributed by atoms with Crippen LogP contribution in [0.5, 0.6) is 5.75 Å². The lowest BCUT2D eigenvalue weighted by atomic mass is 9.93. The third-order valence-electron chi connectivity index (χ3n) is 4.98. The van der Waals surface area contributed by atoms with Crippen LogP contribution in [0.25, 0.3) is 0 Å². The Labute approximate surface area is 149 Å². The molecule has 5 heteroatoms. The van der Waals surface area contributed by atoms with Crippen molar-refractivity contribution in [2.24, 2.45) is 5.92 Å². The van der Waals surface area contributed by atoms with Crippen LogP contribution in [0.15, 0.2) is 24.3 Å². The molecule has 1 atom stereocenters. The molecule has 1 aromatic carbocycles. The summed E-state index contributed by atoms with van der Waals surface area (Å²) >= 11 is 0. The van der Waals surface area contributed by atoms with Crippen molar-refractivity contribution < 1.29 is 14.3 Å². The second-order valence-corrected chi connectivity index (χ2v) is 7.33. The fourth-order valence-electron chi connectivity index (χ4n) is 3.26. The minimum absolute atomic E-state index is 0.0349. The Kier molecular flexibility index (Phi) is 5.95. The van der Waals surface area contributed by atoms with Crippen molar-refractivity contribution in [3.05, 3.63) is 29.8 Å². The number of nitrogens with one attached hydrogen (secondary N) is 1. The number of benzene rings is 1. The molecule has 1 heterocycles. The standard InChI is InChI=1S/C20H28N2O3/c1-15-4-9-18(10-5-15)25-14-20(24)22-12-2-3-16(13-22)6-11-19(23)21-17-7-8-17/h4-5,9-10,16-17H,2-3,6-8,11-14H2,1H3,(H,21,23)/t16-/m0/s1. The monoisotopic (exact) mass is 344 g/mol. The Morgan fingerprint density at radius 1 is 1.20 bits per heavy atom. The van der Waals surface area contributed by atoms with Gasteiger partial charge in [-0.2, -0.15) is 0 Å². The SMILES string of the molecule is Cc1ccc(OCC(=O)N2CCC[C@@H](CCC(=O)NC3CC3)C2)cc1. The van der Waals surface area contributed by atoms with Gasteiger partial charge in [0.25, 0.3) is 5.91 Å². The first-order valence-electron chi connectivity index (χ1n) is 9.37. The van der Waals surface area contributed by atoms with Crippen molar-refractivity contribution in [1.82, 2.24) is 10.2 Å². The number of carbonyl (C=O) groups excluding carboxylic acids is 2. The number of likely N-dealkylation sites (tertiary alicyclic amines) is 1. The van der Waals surface area contributed by atoms with Crippen LogP contribution >= 0.6 is 0 Å². The van der Waals surface area contributed by atoms with Crippen LogP contribution in [-0.4, -0.2) is 42.5 Å². The number of hydrogen-bond donors (Lipinski definition) is 1. The van der Waals surface area contributed by atoms with E-state index in [0.717, 1.165) is 50.9 Å². The molecule has 0 spiro atoms. The van der Waals surface area contributed by atoms with E-state index in [4.69, 9.17) is 4.74 Å². The predicted octanol–water partition coefficient (Wildman–Crippen LogP) is 2.67. The van der Waals surface area contributed by atoms with E-state index in [1.807, 2.05) is 36.1 Å². The molecular formula is C20H28N2O3. The molecule has 0 unspecified atom stereocenters. The molecular weight excluding hydrogens is 316 g/mol. The molecule has 25 heavy (non-hydrogen) atoms. The smallest absolute Gasteiger partial charge is 0.260 e. The summed E-state index contributed by atoms with van der Waals surface area (Å²) in [6.07, 6.45) is 5.78. The summed E-state index contributed by atoms with van der Waals surface area (Å²) in [6.45, 7) is 3.64. The molecule has 1 aliphatic carbocycles. The Balaban J connectivity index is 1.39. The van der Waals surface area contributed by atoms with Gasteiger partial charge < -0.3 is 15.0 Å². The predicted molar refractivity (Wildman–Crippen MR) is 96.4 cm³/mol. The maximum Gasteiger partial charge on any atom is 0.260 e. The van der Waals surface area contributed by atoms with E-state index in [-0.39, 0.29) is 18.4 Å². The van der Waals surface area contributed by atoms with Crippen LogP contribution in [0.1, 0.15) is 44.1 Å². The molecule has 2 aliphatic rings. The molecule has 1 aromatic rings. The van der Waals surface area contributed by atoms with Gasteiger partial charge >= 0.3 is 0 Å². The Bertz CT molecular complexity index is 595. The van der Waals surface area contributed by atoms with Crippen LogP contribution < -0.4 is 10.1 Å². The van der Waals surface area contributed by atoms with Crippen LogP contribution in [0.2, 0.25) is 0 Å². The molecule has 1 N–H and O–H groups in total. The zero-order valence-electron chi connectivity index (χ0n) is 15.0. The zero-order valence-corrected chi connectivity index (χ0v) is 15.0. The van der Waals surface area contributed by atoms with Gasteiger partial charge in [-0.15, -0.1) is 0 Å². The first-order valence-corrected chi connectivity index (χ1v) is 9.37. The molecule has 2 amide bonds. The fourth-order valence-corrected chi connectivity index (χ4v) is 3.26. The average molecular weight is 344 g/mol. The lowest BCUT2D eigenvalue weighted by molar-refractivity contribution is -0.135. The van der Waals surface area contributed by atoms with E-state index in [0.29, 0.717) is 18.4 Å². The van der Waals surface area contributed by atoms with Crippen molar-refractivity contribution in [2.45, 2.75) is 51.5 Å². The first kappa shape index (κ1) is 17.8. The number of carbonyl (C=O) groups is 2. The van der Waals surface area contributed by atoms with Crippen LogP contribution in [0, 0.1) is 12.8 Å². The summed E-state index contributed by atoms with van der Waals surface area (Å²) in [4.78, 5) is 26.1. The van der Waals surface area contributed by atoms with E-state index in [1.54, 1.807) is 0 Å². The number of amides is 2. The second-order valence-electron chi connectivity index (χ2n) is 7.33. The minimum Gasteiger partial charge on any atom is -0.484 e. The Hall–Kier alpha value is -2.04. The van der Waals surface area contributed by atoms with Crippen molar-refractivity contribution in [3.63, 3.8) is 0 Å². The molecule has 0 bridgehead atoms. The molecule has 5 nitrogen and oxygen atoms in total. The number of aryl methyl sites for hydroxylation is 1. The number of hydrogen-bond acceptors (Lipinski definition) is 3. The van der Waals surface area contributed by atoms with E-state index in [9.17, 15) is 9.59 Å². The van der Waals surface area contributed by atoms with E-state index in [2.05, 4.69) is 5.32 Å². The molecule has 1 aliphatic heterocycles. The molecule has 0 aromatic heterocycles. The lowest BCUT2D eigenvalue weighted by Crippen LogP contribution is -2.42. The lowest BCUT2D eigenvalue weighted by Gasteiger charge is -2.32. The number of nitrogens with zero attached hydrogens (tertiary/aromatic N) is 1. The number of ether oxygens (including phenoxy) is 1. The fraction of sp³-hybridized carbons (Fsp3) is 0.600. The Morgan fingerprint density at radius 3 is 2.68 bits per heavy atom. The normalized spacial score (nSPS) is 20.2. The highest BCUT2D eigenvalue weighted by molar-refractivity contribution is 5.78. The van der Waals surface area contributed by atoms with Crippen molar-refractivity contribution >= 4 is 11.8 Å². The molecule has 1 saturated carbocycles. The summed E-state index contributed by atoms with van der Waals surface area (Å²) in [7, 11) is 0. The summed E-state index contributed by atoms with van der Waals surface area (Å²) < 4.78 is 5.60. The summed E-state index contributed by atoms with van der Waals surface area (Å²) in [5.74, 6) is 1.34. The molecule has 3 rings (SSSR count). The highest BCUT2D eigenvalue weighted by Gasteiger charge is 2.26. The van der Waals surface area contributed by atoms with Crippen LogP contribution in [0.4, 0.5) is 0 Å². The van der Waals surface area contributed by atoms with Gasteiger partial charge in [-0.25, -0.2) is 0 Å². The molecule has 1 saturated heterocycles. The summed E-state index contributed by atoms with van der Waals surface area (Å²) in [5.41, 5.74) is 1.17. The van der Waals surface area contributed by atoms with Gasteiger partial charge in [0, 0.05) is 25.6 Å². The maximum absolute atomic E-state index is 12.4. The van der Waals surface area contributed by atoms with Gasteiger partial charge in [0.05, 0.1) is 0 Å². The molecule has 136 valence electrons. The van der Waals surface area contributed by atoms with Gasteiger partial charge in [0.1, 0.15) is 5.75 Å². The van der Waals surface area contributed by atoms with Crippen LogP contribution in [0.3, 0.4) is 0 Å². The largest absolute Gasteiger partial charge is 0.484 e. The van der Waals surface area contributed by atoms with Gasteiger partial charge in [0.15, 0.2) is 6.61 Å². The van der Waals surface area contributed by atoms with E-state index < -0.39 is 0 Å². The van der Waals surface area contributed by atoms with Gasteiger partial charge in [-0.3, -0.25) is 9.59 Å². The van der Waals surface area contributed by atoms with Crippen molar-refractivity contribution in [3.8, 4) is 5.75 Å². The van der Waals surface area contributed by atoms with Gasteiger partial charge in [-0.1, -0.05) is 17.7 Å². The maximum atomic E-state index is 12.4. The zero-order chi connectivity index (χ0) is 17.6. The van der Waals surface area contributed by atoms with Gasteiger partial charge in [0.2, 0.25) is 5.91 Å². The van der Waals surface area contributed by atoms with Crippen molar-refractivity contribution in [2.75, 3.05) is 19.7 Å². The highest BCUT2D eigenvalue weighted by atomic mass is 16.5. The average Bonchev–Trinajstić information content (AvgIpc) is 3.43. The number of rotatable bonds is 7. The third-order valence-corrected chi connectivity index (χ3v) is 4.98. The molecule has 0 radical (unpaired) electrons. The molecule has 2 fully saturated rings. The first-order chi connectivity index (χ1) is 12.1. The van der Waals surface area contributed by atoms with Crippen LogP contribution in [-0.2, 0) is 9.59 Å². The quantitative estimate of drug-likeness (QED) is 0.827. The second kappa shape index (κ2) is 8.37.